The maximum absolute atomic E-state index is 11.3. The van der Waals surface area contributed by atoms with E-state index in [4.69, 9.17) is 4.74 Å². The van der Waals surface area contributed by atoms with Gasteiger partial charge in [0.25, 0.3) is 0 Å². The van der Waals surface area contributed by atoms with E-state index in [1.807, 2.05) is 0 Å². The van der Waals surface area contributed by atoms with Crippen LogP contribution >= 0.6 is 0 Å². The quantitative estimate of drug-likeness (QED) is 0.771. The first-order valence-corrected chi connectivity index (χ1v) is 4.68. The van der Waals surface area contributed by atoms with E-state index < -0.39 is 11.7 Å². The van der Waals surface area contributed by atoms with Crippen LogP contribution in [0.5, 0.6) is 0 Å². The molecule has 1 rings (SSSR count). The van der Waals surface area contributed by atoms with Crippen molar-refractivity contribution < 1.29 is 14.3 Å². The summed E-state index contributed by atoms with van der Waals surface area (Å²) in [7, 11) is 0. The minimum Gasteiger partial charge on any atom is -0.444 e. The van der Waals surface area contributed by atoms with Gasteiger partial charge in [0.1, 0.15) is 5.60 Å². The number of amides is 1. The van der Waals surface area contributed by atoms with Gasteiger partial charge in [-0.15, -0.1) is 5.10 Å². The number of hydrogen-bond acceptors (Lipinski definition) is 5. The van der Waals surface area contributed by atoms with Crippen LogP contribution < -0.4 is 5.32 Å². The summed E-state index contributed by atoms with van der Waals surface area (Å²) < 4.78 is 5.01. The van der Waals surface area contributed by atoms with Gasteiger partial charge in [-0.05, 0) is 26.8 Å². The molecule has 0 atom stereocenters. The van der Waals surface area contributed by atoms with Crippen molar-refractivity contribution in [3.63, 3.8) is 0 Å². The molecule has 1 N–H and O–H groups in total. The third kappa shape index (κ3) is 4.04. The Morgan fingerprint density at radius 2 is 2.19 bits per heavy atom. The summed E-state index contributed by atoms with van der Waals surface area (Å²) in [5, 5.41) is 9.57. The molecule has 0 saturated heterocycles. The van der Waals surface area contributed by atoms with E-state index in [9.17, 15) is 9.59 Å². The van der Waals surface area contributed by atoms with E-state index >= 15 is 0 Å². The predicted molar refractivity (Wildman–Crippen MR) is 57.3 cm³/mol. The molecule has 0 aliphatic rings. The summed E-state index contributed by atoms with van der Waals surface area (Å²) >= 11 is 0. The van der Waals surface area contributed by atoms with Gasteiger partial charge >= 0.3 is 6.09 Å². The number of ether oxygens (including phenoxy) is 1. The molecule has 1 heterocycles. The van der Waals surface area contributed by atoms with Crippen LogP contribution in [0.1, 0.15) is 31.1 Å². The largest absolute Gasteiger partial charge is 0.444 e. The van der Waals surface area contributed by atoms with E-state index in [1.165, 1.54) is 12.3 Å². The van der Waals surface area contributed by atoms with Crippen molar-refractivity contribution >= 4 is 18.2 Å². The minimum atomic E-state index is -0.634. The lowest BCUT2D eigenvalue weighted by Gasteiger charge is -2.19. The lowest BCUT2D eigenvalue weighted by Crippen LogP contribution is -2.27. The third-order valence-corrected chi connectivity index (χ3v) is 1.44. The van der Waals surface area contributed by atoms with Crippen molar-refractivity contribution in [2.45, 2.75) is 26.4 Å². The Morgan fingerprint density at radius 1 is 1.50 bits per heavy atom. The van der Waals surface area contributed by atoms with Crippen LogP contribution in [0.25, 0.3) is 0 Å². The van der Waals surface area contributed by atoms with Gasteiger partial charge in [0.15, 0.2) is 12.1 Å². The molecule has 86 valence electrons. The summed E-state index contributed by atoms with van der Waals surface area (Å²) in [5.74, 6) is 0.179. The first kappa shape index (κ1) is 12.1. The Balaban J connectivity index is 2.66. The molecule has 0 aliphatic carbocycles. The molecule has 6 nitrogen and oxygen atoms in total. The molecule has 1 aromatic rings. The monoisotopic (exact) mass is 223 g/mol. The van der Waals surface area contributed by atoms with Gasteiger partial charge in [0.05, 0.1) is 6.20 Å². The summed E-state index contributed by atoms with van der Waals surface area (Å²) in [6.07, 6.45) is 1.28. The zero-order valence-corrected chi connectivity index (χ0v) is 9.35. The van der Waals surface area contributed by atoms with Gasteiger partial charge in [-0.2, -0.15) is 5.10 Å². The average molecular weight is 223 g/mol. The molecular weight excluding hydrogens is 210 g/mol. The lowest BCUT2D eigenvalue weighted by molar-refractivity contribution is 0.0635. The Kier molecular flexibility index (Phi) is 3.55. The Morgan fingerprint density at radius 3 is 2.75 bits per heavy atom. The van der Waals surface area contributed by atoms with E-state index in [0.717, 1.165) is 0 Å². The number of rotatable bonds is 2. The van der Waals surface area contributed by atoms with E-state index in [-0.39, 0.29) is 5.82 Å². The van der Waals surface area contributed by atoms with Crippen molar-refractivity contribution in [2.24, 2.45) is 0 Å². The number of aromatic nitrogens is 2. The number of carbonyl (C=O) groups excluding carboxylic acids is 2. The zero-order chi connectivity index (χ0) is 12.2. The van der Waals surface area contributed by atoms with Gasteiger partial charge in [-0.3, -0.25) is 10.1 Å². The highest BCUT2D eigenvalue weighted by Crippen LogP contribution is 2.09. The van der Waals surface area contributed by atoms with Gasteiger partial charge in [-0.1, -0.05) is 0 Å². The average Bonchev–Trinajstić information content (AvgIpc) is 2.15. The molecule has 0 spiro atoms. The highest BCUT2D eigenvalue weighted by atomic mass is 16.6. The third-order valence-electron chi connectivity index (χ3n) is 1.44. The fourth-order valence-electron chi connectivity index (χ4n) is 0.915. The van der Waals surface area contributed by atoms with Crippen molar-refractivity contribution in [3.8, 4) is 0 Å². The number of nitrogens with one attached hydrogen (secondary N) is 1. The first-order chi connectivity index (χ1) is 7.40. The minimum absolute atomic E-state index is 0.179. The molecule has 6 heteroatoms. The summed E-state index contributed by atoms with van der Waals surface area (Å²) in [4.78, 5) is 21.8. The fraction of sp³-hybridized carbons (Fsp3) is 0.400. The molecule has 0 aliphatic heterocycles. The van der Waals surface area contributed by atoms with Crippen LogP contribution in [0.3, 0.4) is 0 Å². The second-order valence-electron chi connectivity index (χ2n) is 4.12. The first-order valence-electron chi connectivity index (χ1n) is 4.68. The van der Waals surface area contributed by atoms with Crippen LogP contribution in [-0.2, 0) is 4.74 Å². The Hall–Kier alpha value is -1.98. The molecule has 0 fully saturated rings. The molecule has 0 unspecified atom stereocenters. The van der Waals surface area contributed by atoms with Gasteiger partial charge in [0, 0.05) is 5.56 Å². The van der Waals surface area contributed by atoms with Crippen LogP contribution in [-0.4, -0.2) is 28.2 Å². The second-order valence-corrected chi connectivity index (χ2v) is 4.12. The molecular formula is C10H13N3O3. The van der Waals surface area contributed by atoms with Crippen LogP contribution in [0, 0.1) is 0 Å². The molecule has 0 aromatic carbocycles. The Bertz CT molecular complexity index is 399. The maximum Gasteiger partial charge on any atom is 0.413 e. The number of carbonyl (C=O) groups is 2. The lowest BCUT2D eigenvalue weighted by atomic mass is 10.2. The smallest absolute Gasteiger partial charge is 0.413 e. The van der Waals surface area contributed by atoms with Gasteiger partial charge in [0.2, 0.25) is 0 Å². The van der Waals surface area contributed by atoms with Crippen LogP contribution in [0.4, 0.5) is 10.6 Å². The normalized spacial score (nSPS) is 10.7. The maximum atomic E-state index is 11.3. The number of hydrogen-bond donors (Lipinski definition) is 1. The predicted octanol–water partition coefficient (Wildman–Crippen LogP) is 1.64. The van der Waals surface area contributed by atoms with Crippen LogP contribution in [0.15, 0.2) is 12.3 Å². The summed E-state index contributed by atoms with van der Waals surface area (Å²) in [6, 6.07) is 1.41. The molecule has 1 amide bonds. The molecule has 1 aromatic heterocycles. The fourth-order valence-corrected chi connectivity index (χ4v) is 0.915. The molecule has 0 radical (unpaired) electrons. The van der Waals surface area contributed by atoms with Crippen molar-refractivity contribution in [2.75, 3.05) is 5.32 Å². The molecule has 0 saturated carbocycles. The highest BCUT2D eigenvalue weighted by molar-refractivity contribution is 5.85. The summed E-state index contributed by atoms with van der Waals surface area (Å²) in [6.45, 7) is 5.25. The van der Waals surface area contributed by atoms with E-state index in [1.54, 1.807) is 20.8 Å². The second kappa shape index (κ2) is 4.69. The topological polar surface area (TPSA) is 81.2 Å². The van der Waals surface area contributed by atoms with E-state index in [2.05, 4.69) is 15.5 Å². The molecule has 16 heavy (non-hydrogen) atoms. The standard InChI is InChI=1S/C10H13N3O3/c1-10(2,3)16-9(15)12-8-4-7(6-14)5-11-13-8/h4-6H,1-3H3,(H,12,13,15). The Labute approximate surface area is 93.0 Å². The van der Waals surface area contributed by atoms with Crippen molar-refractivity contribution in [3.05, 3.63) is 17.8 Å². The number of aldehydes is 1. The number of anilines is 1. The highest BCUT2D eigenvalue weighted by Gasteiger charge is 2.16. The molecule has 0 bridgehead atoms. The van der Waals surface area contributed by atoms with Crippen molar-refractivity contribution in [1.29, 1.82) is 0 Å². The SMILES string of the molecule is CC(C)(C)OC(=O)Nc1cc(C=O)cnn1. The zero-order valence-electron chi connectivity index (χ0n) is 9.35. The van der Waals surface area contributed by atoms with Gasteiger partial charge in [-0.25, -0.2) is 4.79 Å². The van der Waals surface area contributed by atoms with Crippen LogP contribution in [0.2, 0.25) is 0 Å². The number of nitrogens with zero attached hydrogens (tertiary/aromatic N) is 2. The van der Waals surface area contributed by atoms with E-state index in [0.29, 0.717) is 11.8 Å². The summed E-state index contributed by atoms with van der Waals surface area (Å²) in [5.41, 5.74) is -0.249. The van der Waals surface area contributed by atoms with Gasteiger partial charge < -0.3 is 4.74 Å². The van der Waals surface area contributed by atoms with Crippen molar-refractivity contribution in [1.82, 2.24) is 10.2 Å².